The lowest BCUT2D eigenvalue weighted by molar-refractivity contribution is 0.0636. The third-order valence-electron chi connectivity index (χ3n) is 4.79. The van der Waals surface area contributed by atoms with Gasteiger partial charge in [-0.15, -0.1) is 10.2 Å². The van der Waals surface area contributed by atoms with E-state index in [0.29, 0.717) is 12.5 Å². The van der Waals surface area contributed by atoms with Crippen LogP contribution in [0.15, 0.2) is 24.5 Å². The molecule has 0 spiro atoms. The SMILES string of the molecule is Cc1ccc(C2CC2)c(C(=O)N2CCn3cnnc3C2C)c1. The van der Waals surface area contributed by atoms with Gasteiger partial charge in [0.05, 0.1) is 6.04 Å². The molecule has 1 saturated carbocycles. The molecule has 0 N–H and O–H groups in total. The number of carbonyl (C=O) groups is 1. The number of amides is 1. The Morgan fingerprint density at radius 3 is 2.86 bits per heavy atom. The summed E-state index contributed by atoms with van der Waals surface area (Å²) in [6.45, 7) is 5.56. The fourth-order valence-electron chi connectivity index (χ4n) is 3.35. The zero-order valence-electron chi connectivity index (χ0n) is 13.0. The van der Waals surface area contributed by atoms with Crippen molar-refractivity contribution in [2.75, 3.05) is 6.54 Å². The summed E-state index contributed by atoms with van der Waals surface area (Å²) in [6, 6.07) is 6.26. The molecule has 1 fully saturated rings. The van der Waals surface area contributed by atoms with Gasteiger partial charge in [0.2, 0.25) is 0 Å². The number of nitrogens with zero attached hydrogens (tertiary/aromatic N) is 4. The van der Waals surface area contributed by atoms with Crippen LogP contribution in [0.3, 0.4) is 0 Å². The summed E-state index contributed by atoms with van der Waals surface area (Å²) < 4.78 is 2.03. The van der Waals surface area contributed by atoms with Crippen molar-refractivity contribution in [3.8, 4) is 0 Å². The minimum atomic E-state index is -0.0312. The summed E-state index contributed by atoms with van der Waals surface area (Å²) in [7, 11) is 0. The van der Waals surface area contributed by atoms with Crippen molar-refractivity contribution in [1.29, 1.82) is 0 Å². The van der Waals surface area contributed by atoms with E-state index in [2.05, 4.69) is 22.3 Å². The molecule has 22 heavy (non-hydrogen) atoms. The molecule has 0 bridgehead atoms. The molecule has 2 heterocycles. The standard InChI is InChI=1S/C17H20N4O/c1-11-3-6-14(13-4-5-13)15(9-11)17(22)21-8-7-20-10-18-19-16(20)12(21)2/h3,6,9-10,12-13H,4-5,7-8H2,1-2H3. The van der Waals surface area contributed by atoms with Gasteiger partial charge >= 0.3 is 0 Å². The number of carbonyl (C=O) groups excluding carboxylic acids is 1. The molecule has 1 unspecified atom stereocenters. The number of rotatable bonds is 2. The Balaban J connectivity index is 1.69. The van der Waals surface area contributed by atoms with Crippen LogP contribution in [0.2, 0.25) is 0 Å². The third-order valence-corrected chi connectivity index (χ3v) is 4.79. The second-order valence-electron chi connectivity index (χ2n) is 6.42. The van der Waals surface area contributed by atoms with Crippen LogP contribution in [0, 0.1) is 6.92 Å². The third kappa shape index (κ3) is 2.12. The smallest absolute Gasteiger partial charge is 0.254 e. The van der Waals surface area contributed by atoms with Crippen molar-refractivity contribution in [2.24, 2.45) is 0 Å². The lowest BCUT2D eigenvalue weighted by Gasteiger charge is -2.33. The van der Waals surface area contributed by atoms with Crippen LogP contribution < -0.4 is 0 Å². The Bertz CT molecular complexity index is 732. The van der Waals surface area contributed by atoms with Crippen LogP contribution in [-0.4, -0.2) is 32.1 Å². The van der Waals surface area contributed by atoms with E-state index in [4.69, 9.17) is 0 Å². The van der Waals surface area contributed by atoms with E-state index in [9.17, 15) is 4.79 Å². The van der Waals surface area contributed by atoms with Crippen LogP contribution in [0.5, 0.6) is 0 Å². The fourth-order valence-corrected chi connectivity index (χ4v) is 3.35. The first kappa shape index (κ1) is 13.5. The van der Waals surface area contributed by atoms with Gasteiger partial charge in [-0.2, -0.15) is 0 Å². The molecular formula is C17H20N4O. The monoisotopic (exact) mass is 296 g/mol. The molecule has 5 heteroatoms. The van der Waals surface area contributed by atoms with Gasteiger partial charge in [0.25, 0.3) is 5.91 Å². The molecule has 1 aliphatic carbocycles. The number of hydrogen-bond donors (Lipinski definition) is 0. The number of hydrogen-bond acceptors (Lipinski definition) is 3. The van der Waals surface area contributed by atoms with Crippen molar-refractivity contribution in [1.82, 2.24) is 19.7 Å². The maximum absolute atomic E-state index is 13.1. The molecule has 1 aliphatic heterocycles. The minimum absolute atomic E-state index is 0.0312. The molecule has 1 atom stereocenters. The predicted molar refractivity (Wildman–Crippen MR) is 82.6 cm³/mol. The highest BCUT2D eigenvalue weighted by molar-refractivity contribution is 5.96. The summed E-state index contributed by atoms with van der Waals surface area (Å²) in [6.07, 6.45) is 4.15. The number of aromatic nitrogens is 3. The van der Waals surface area contributed by atoms with Crippen molar-refractivity contribution in [2.45, 2.75) is 45.2 Å². The first-order chi connectivity index (χ1) is 10.6. The van der Waals surface area contributed by atoms with E-state index in [1.165, 1.54) is 18.4 Å². The van der Waals surface area contributed by atoms with Gasteiger partial charge in [0.1, 0.15) is 6.33 Å². The Labute approximate surface area is 130 Å². The highest BCUT2D eigenvalue weighted by Gasteiger charge is 2.33. The number of aryl methyl sites for hydroxylation is 1. The molecule has 2 aliphatic rings. The van der Waals surface area contributed by atoms with E-state index in [1.807, 2.05) is 29.4 Å². The van der Waals surface area contributed by atoms with E-state index in [-0.39, 0.29) is 11.9 Å². The molecular weight excluding hydrogens is 276 g/mol. The second-order valence-corrected chi connectivity index (χ2v) is 6.42. The van der Waals surface area contributed by atoms with Crippen LogP contribution in [0.4, 0.5) is 0 Å². The maximum atomic E-state index is 13.1. The zero-order chi connectivity index (χ0) is 15.3. The van der Waals surface area contributed by atoms with Gasteiger partial charge in [-0.05, 0) is 44.2 Å². The van der Waals surface area contributed by atoms with Crippen molar-refractivity contribution >= 4 is 5.91 Å². The van der Waals surface area contributed by atoms with Gasteiger partial charge in [-0.25, -0.2) is 0 Å². The molecule has 4 rings (SSSR count). The molecule has 0 radical (unpaired) electrons. The molecule has 5 nitrogen and oxygen atoms in total. The van der Waals surface area contributed by atoms with Gasteiger partial charge < -0.3 is 9.47 Å². The summed E-state index contributed by atoms with van der Waals surface area (Å²) in [5.74, 6) is 1.58. The van der Waals surface area contributed by atoms with Crippen LogP contribution in [-0.2, 0) is 6.54 Å². The summed E-state index contributed by atoms with van der Waals surface area (Å²) in [4.78, 5) is 15.1. The van der Waals surface area contributed by atoms with Gasteiger partial charge in [-0.3, -0.25) is 4.79 Å². The molecule has 1 aromatic carbocycles. The molecule has 1 amide bonds. The van der Waals surface area contributed by atoms with Gasteiger partial charge in [0, 0.05) is 18.7 Å². The highest BCUT2D eigenvalue weighted by Crippen LogP contribution is 2.42. The van der Waals surface area contributed by atoms with Crippen molar-refractivity contribution < 1.29 is 4.79 Å². The van der Waals surface area contributed by atoms with E-state index >= 15 is 0 Å². The van der Waals surface area contributed by atoms with Crippen molar-refractivity contribution in [3.63, 3.8) is 0 Å². The van der Waals surface area contributed by atoms with Crippen molar-refractivity contribution in [3.05, 3.63) is 47.0 Å². The lowest BCUT2D eigenvalue weighted by atomic mass is 9.98. The maximum Gasteiger partial charge on any atom is 0.254 e. The minimum Gasteiger partial charge on any atom is -0.327 e. The normalized spacial score (nSPS) is 20.8. The number of fused-ring (bicyclic) bond motifs is 1. The largest absolute Gasteiger partial charge is 0.327 e. The Hall–Kier alpha value is -2.17. The first-order valence-corrected chi connectivity index (χ1v) is 7.94. The Morgan fingerprint density at radius 2 is 2.09 bits per heavy atom. The molecule has 0 saturated heterocycles. The zero-order valence-corrected chi connectivity index (χ0v) is 13.0. The molecule has 2 aromatic rings. The lowest BCUT2D eigenvalue weighted by Crippen LogP contribution is -2.41. The summed E-state index contributed by atoms with van der Waals surface area (Å²) >= 11 is 0. The second kappa shape index (κ2) is 4.93. The average Bonchev–Trinajstić information content (AvgIpc) is 3.24. The quantitative estimate of drug-likeness (QED) is 0.856. The van der Waals surface area contributed by atoms with E-state index < -0.39 is 0 Å². The number of benzene rings is 1. The fraction of sp³-hybridized carbons (Fsp3) is 0.471. The summed E-state index contributed by atoms with van der Waals surface area (Å²) in [5, 5.41) is 8.14. The van der Waals surface area contributed by atoms with Gasteiger partial charge in [0.15, 0.2) is 5.82 Å². The summed E-state index contributed by atoms with van der Waals surface area (Å²) in [5.41, 5.74) is 3.23. The Morgan fingerprint density at radius 1 is 1.27 bits per heavy atom. The molecule has 114 valence electrons. The van der Waals surface area contributed by atoms with Crippen LogP contribution in [0.25, 0.3) is 0 Å². The predicted octanol–water partition coefficient (Wildman–Crippen LogP) is 2.68. The Kier molecular flexibility index (Phi) is 3.03. The first-order valence-electron chi connectivity index (χ1n) is 7.94. The van der Waals surface area contributed by atoms with E-state index in [1.54, 1.807) is 6.33 Å². The average molecular weight is 296 g/mol. The van der Waals surface area contributed by atoms with Crippen LogP contribution in [0.1, 0.15) is 59.0 Å². The van der Waals surface area contributed by atoms with E-state index in [0.717, 1.165) is 23.5 Å². The van der Waals surface area contributed by atoms with Gasteiger partial charge in [-0.1, -0.05) is 17.7 Å². The topological polar surface area (TPSA) is 51.0 Å². The van der Waals surface area contributed by atoms with Crippen LogP contribution >= 0.6 is 0 Å². The highest BCUT2D eigenvalue weighted by atomic mass is 16.2. The molecule has 1 aromatic heterocycles.